The minimum atomic E-state index is -1.10. The predicted molar refractivity (Wildman–Crippen MR) is 103 cm³/mol. The lowest BCUT2D eigenvalue weighted by atomic mass is 10.2. The minimum absolute atomic E-state index is 0.363. The Kier molecular flexibility index (Phi) is 18.6. The van der Waals surface area contributed by atoms with Crippen LogP contribution in [0.15, 0.2) is 0 Å². The van der Waals surface area contributed by atoms with Crippen molar-refractivity contribution in [1.29, 1.82) is 0 Å². The zero-order valence-corrected chi connectivity index (χ0v) is 17.3. The molecule has 0 atom stereocenters. The molecule has 0 aromatic heterocycles. The van der Waals surface area contributed by atoms with Crippen LogP contribution in [0.2, 0.25) is 6.04 Å². The molecule has 0 aliphatic heterocycles. The summed E-state index contributed by atoms with van der Waals surface area (Å²) in [6, 6.07) is 1.04. The van der Waals surface area contributed by atoms with Crippen LogP contribution in [0, 0.1) is 0 Å². The lowest BCUT2D eigenvalue weighted by molar-refractivity contribution is -0.111. The molecule has 0 saturated heterocycles. The van der Waals surface area contributed by atoms with Crippen LogP contribution in [0.25, 0.3) is 0 Å². The number of carbonyl (C=O) groups excluding carboxylic acids is 1. The highest BCUT2D eigenvalue weighted by molar-refractivity contribution is 8.13. The van der Waals surface area contributed by atoms with Crippen LogP contribution < -0.4 is 0 Å². The van der Waals surface area contributed by atoms with E-state index in [0.717, 1.165) is 63.5 Å². The molecule has 0 N–H and O–H groups in total. The first kappa shape index (κ1) is 23.2. The van der Waals surface area contributed by atoms with E-state index in [0.29, 0.717) is 5.12 Å². The Morgan fingerprint density at radius 3 is 2.00 bits per heavy atom. The molecule has 0 heterocycles. The summed E-state index contributed by atoms with van der Waals surface area (Å²) in [5, 5.41) is 0.363. The van der Waals surface area contributed by atoms with Crippen LogP contribution in [-0.4, -0.2) is 33.4 Å². The van der Waals surface area contributed by atoms with Gasteiger partial charge in [-0.25, -0.2) is 0 Å². The van der Waals surface area contributed by atoms with Crippen LogP contribution in [-0.2, 0) is 13.6 Å². The third-order valence-electron chi connectivity index (χ3n) is 3.54. The van der Waals surface area contributed by atoms with Crippen molar-refractivity contribution in [3.05, 3.63) is 0 Å². The van der Waals surface area contributed by atoms with Gasteiger partial charge in [-0.1, -0.05) is 64.6 Å². The predicted octanol–water partition coefficient (Wildman–Crippen LogP) is 5.73. The second-order valence-corrected chi connectivity index (χ2v) is 8.88. The first-order valence-electron chi connectivity index (χ1n) is 9.51. The average molecular weight is 362 g/mol. The first-order chi connectivity index (χ1) is 11.2. The van der Waals surface area contributed by atoms with Gasteiger partial charge in [0.1, 0.15) is 0 Å². The Morgan fingerprint density at radius 1 is 0.826 bits per heavy atom. The highest BCUT2D eigenvalue weighted by Gasteiger charge is 2.15. The Labute approximate surface area is 150 Å². The van der Waals surface area contributed by atoms with Gasteiger partial charge in [0.25, 0.3) is 0 Å². The lowest BCUT2D eigenvalue weighted by Gasteiger charge is -2.15. The van der Waals surface area contributed by atoms with Gasteiger partial charge in [0.2, 0.25) is 0 Å². The molecule has 0 aliphatic rings. The van der Waals surface area contributed by atoms with Gasteiger partial charge in [-0.2, -0.15) is 0 Å². The molecule has 1 radical (unpaired) electrons. The summed E-state index contributed by atoms with van der Waals surface area (Å²) < 4.78 is 11.9. The normalized spacial score (nSPS) is 11.3. The molecule has 0 bridgehead atoms. The molecule has 0 unspecified atom stereocenters. The summed E-state index contributed by atoms with van der Waals surface area (Å²) in [6.07, 6.45) is 10.9. The fourth-order valence-corrected chi connectivity index (χ4v) is 4.52. The quantitative estimate of drug-likeness (QED) is 0.245. The Hall–Kier alpha value is 0.157. The van der Waals surface area contributed by atoms with Gasteiger partial charge in [-0.05, 0) is 31.7 Å². The number of thioether (sulfide) groups is 1. The van der Waals surface area contributed by atoms with Gasteiger partial charge in [0.05, 0.1) is 0 Å². The fourth-order valence-electron chi connectivity index (χ4n) is 2.00. The van der Waals surface area contributed by atoms with E-state index in [9.17, 15) is 4.79 Å². The average Bonchev–Trinajstić information content (AvgIpc) is 2.54. The van der Waals surface area contributed by atoms with Crippen molar-refractivity contribution in [2.45, 2.75) is 91.0 Å². The molecule has 0 aromatic carbocycles. The maximum absolute atomic E-state index is 11.7. The summed E-state index contributed by atoms with van der Waals surface area (Å²) in [6.45, 7) is 8.20. The van der Waals surface area contributed by atoms with Crippen LogP contribution >= 0.6 is 11.8 Å². The van der Waals surface area contributed by atoms with Crippen LogP contribution in [0.1, 0.15) is 85.0 Å². The molecule has 0 spiro atoms. The number of carbonyl (C=O) groups is 1. The highest BCUT2D eigenvalue weighted by Crippen LogP contribution is 2.14. The molecular weight excluding hydrogens is 324 g/mol. The zero-order valence-electron chi connectivity index (χ0n) is 15.5. The first-order valence-corrected chi connectivity index (χ1v) is 12.0. The van der Waals surface area contributed by atoms with Gasteiger partial charge < -0.3 is 8.85 Å². The molecule has 0 rings (SSSR count). The van der Waals surface area contributed by atoms with Crippen LogP contribution in [0.5, 0.6) is 0 Å². The number of hydrogen-bond acceptors (Lipinski definition) is 4. The Bertz CT molecular complexity index is 255. The van der Waals surface area contributed by atoms with Gasteiger partial charge >= 0.3 is 9.28 Å². The fraction of sp³-hybridized carbons (Fsp3) is 0.944. The van der Waals surface area contributed by atoms with E-state index < -0.39 is 9.28 Å². The molecular formula is C18H37O3SSi. The van der Waals surface area contributed by atoms with E-state index >= 15 is 0 Å². The highest BCUT2D eigenvalue weighted by atomic mass is 32.2. The minimum Gasteiger partial charge on any atom is -0.393 e. The molecule has 137 valence electrons. The second kappa shape index (κ2) is 18.5. The summed E-state index contributed by atoms with van der Waals surface area (Å²) in [4.78, 5) is 11.7. The summed E-state index contributed by atoms with van der Waals surface area (Å²) in [5.74, 6) is 0.948. The Balaban J connectivity index is 3.68. The van der Waals surface area contributed by atoms with Crippen molar-refractivity contribution in [1.82, 2.24) is 0 Å². The SMILES string of the molecule is CCCCCC(=O)SCCCC[Si](OCCCC)OCCCC. The number of unbranched alkanes of at least 4 members (excludes halogenated alkanes) is 5. The maximum atomic E-state index is 11.7. The molecule has 3 nitrogen and oxygen atoms in total. The van der Waals surface area contributed by atoms with E-state index in [-0.39, 0.29) is 0 Å². The van der Waals surface area contributed by atoms with Crippen molar-refractivity contribution >= 4 is 26.2 Å². The van der Waals surface area contributed by atoms with E-state index in [4.69, 9.17) is 8.85 Å². The van der Waals surface area contributed by atoms with E-state index in [1.165, 1.54) is 37.4 Å². The lowest BCUT2D eigenvalue weighted by Crippen LogP contribution is -2.24. The van der Waals surface area contributed by atoms with Gasteiger partial charge in [0.15, 0.2) is 5.12 Å². The van der Waals surface area contributed by atoms with Gasteiger partial charge in [0, 0.05) is 25.4 Å². The smallest absolute Gasteiger partial charge is 0.384 e. The standard InChI is InChI=1S/C18H37O3SSi/c1-4-7-10-13-18(19)22-16-11-12-17-23(20-14-8-5-2)21-15-9-6-3/h4-17H2,1-3H3. The van der Waals surface area contributed by atoms with Crippen molar-refractivity contribution < 1.29 is 13.6 Å². The number of hydrogen-bond donors (Lipinski definition) is 0. The third kappa shape index (κ3) is 16.8. The van der Waals surface area contributed by atoms with Gasteiger partial charge in [-0.15, -0.1) is 0 Å². The molecule has 0 amide bonds. The van der Waals surface area contributed by atoms with E-state index in [1.54, 1.807) is 0 Å². The third-order valence-corrected chi connectivity index (χ3v) is 6.38. The van der Waals surface area contributed by atoms with Crippen molar-refractivity contribution in [2.75, 3.05) is 19.0 Å². The van der Waals surface area contributed by atoms with Gasteiger partial charge in [-0.3, -0.25) is 4.79 Å². The topological polar surface area (TPSA) is 35.5 Å². The molecule has 0 aromatic rings. The largest absolute Gasteiger partial charge is 0.393 e. The zero-order chi connectivity index (χ0) is 17.2. The van der Waals surface area contributed by atoms with Crippen molar-refractivity contribution in [3.63, 3.8) is 0 Å². The van der Waals surface area contributed by atoms with Crippen molar-refractivity contribution in [3.8, 4) is 0 Å². The molecule has 0 aliphatic carbocycles. The molecule has 5 heteroatoms. The molecule has 0 saturated carbocycles. The maximum Gasteiger partial charge on any atom is 0.384 e. The van der Waals surface area contributed by atoms with Crippen molar-refractivity contribution in [2.24, 2.45) is 0 Å². The second-order valence-electron chi connectivity index (χ2n) is 5.91. The van der Waals surface area contributed by atoms with Crippen LogP contribution in [0.3, 0.4) is 0 Å². The monoisotopic (exact) mass is 361 g/mol. The Morgan fingerprint density at radius 2 is 1.43 bits per heavy atom. The molecule has 23 heavy (non-hydrogen) atoms. The van der Waals surface area contributed by atoms with E-state index in [1.807, 2.05) is 0 Å². The number of rotatable bonds is 17. The van der Waals surface area contributed by atoms with E-state index in [2.05, 4.69) is 20.8 Å². The molecule has 0 fully saturated rings. The van der Waals surface area contributed by atoms with Crippen LogP contribution in [0.4, 0.5) is 0 Å². The summed E-state index contributed by atoms with van der Waals surface area (Å²) in [5.41, 5.74) is 0. The summed E-state index contributed by atoms with van der Waals surface area (Å²) >= 11 is 1.51. The summed E-state index contributed by atoms with van der Waals surface area (Å²) in [7, 11) is -1.10.